The lowest BCUT2D eigenvalue weighted by Gasteiger charge is -2.39. The standard InChI is InChI=1S/C14H19N3O2/c1-14(10-15,17-7-5-16-6-8-17)11-3-4-12(18)13(9-11)19-2/h3-4,9,16,18H,5-8H2,1-2H3. The van der Waals surface area contributed by atoms with Gasteiger partial charge >= 0.3 is 0 Å². The average Bonchev–Trinajstić information content (AvgIpc) is 2.47. The van der Waals surface area contributed by atoms with E-state index in [-0.39, 0.29) is 5.75 Å². The number of aromatic hydroxyl groups is 1. The molecule has 2 N–H and O–H groups in total. The van der Waals surface area contributed by atoms with Crippen molar-refractivity contribution in [2.45, 2.75) is 12.5 Å². The van der Waals surface area contributed by atoms with Gasteiger partial charge in [0.1, 0.15) is 5.54 Å². The lowest BCUT2D eigenvalue weighted by Crippen LogP contribution is -2.52. The van der Waals surface area contributed by atoms with Crippen molar-refractivity contribution in [2.24, 2.45) is 0 Å². The molecule has 102 valence electrons. The molecule has 5 heteroatoms. The molecule has 5 nitrogen and oxygen atoms in total. The van der Waals surface area contributed by atoms with Gasteiger partial charge in [-0.3, -0.25) is 4.90 Å². The molecule has 1 fully saturated rings. The maximum atomic E-state index is 9.65. The highest BCUT2D eigenvalue weighted by atomic mass is 16.5. The number of phenolic OH excluding ortho intramolecular Hbond substituents is 1. The predicted octanol–water partition coefficient (Wildman–Crippen LogP) is 1.04. The summed E-state index contributed by atoms with van der Waals surface area (Å²) in [5.74, 6) is 0.487. The summed E-state index contributed by atoms with van der Waals surface area (Å²) in [6.45, 7) is 5.32. The van der Waals surface area contributed by atoms with Gasteiger partial charge in [-0.25, -0.2) is 0 Å². The van der Waals surface area contributed by atoms with E-state index in [2.05, 4.69) is 16.3 Å². The first-order chi connectivity index (χ1) is 9.11. The van der Waals surface area contributed by atoms with Crippen LogP contribution in [0.2, 0.25) is 0 Å². The van der Waals surface area contributed by atoms with Gasteiger partial charge in [0.25, 0.3) is 0 Å². The summed E-state index contributed by atoms with van der Waals surface area (Å²) < 4.78 is 5.12. The van der Waals surface area contributed by atoms with Gasteiger partial charge in [-0.15, -0.1) is 0 Å². The van der Waals surface area contributed by atoms with Crippen molar-refractivity contribution in [3.05, 3.63) is 23.8 Å². The van der Waals surface area contributed by atoms with Crippen molar-refractivity contribution in [3.63, 3.8) is 0 Å². The van der Waals surface area contributed by atoms with Crippen LogP contribution >= 0.6 is 0 Å². The number of methoxy groups -OCH3 is 1. The normalized spacial score (nSPS) is 19.4. The highest BCUT2D eigenvalue weighted by Gasteiger charge is 2.35. The van der Waals surface area contributed by atoms with E-state index in [0.717, 1.165) is 31.7 Å². The summed E-state index contributed by atoms with van der Waals surface area (Å²) in [5.41, 5.74) is 0.134. The van der Waals surface area contributed by atoms with E-state index in [0.29, 0.717) is 5.75 Å². The Hall–Kier alpha value is -1.77. The third-order valence-electron chi connectivity index (χ3n) is 3.71. The Morgan fingerprint density at radius 2 is 2.11 bits per heavy atom. The second-order valence-electron chi connectivity index (χ2n) is 4.81. The number of nitrogens with one attached hydrogen (secondary N) is 1. The molecule has 0 saturated carbocycles. The number of rotatable bonds is 3. The van der Waals surface area contributed by atoms with E-state index in [1.807, 2.05) is 6.92 Å². The van der Waals surface area contributed by atoms with Gasteiger partial charge in [-0.1, -0.05) is 6.07 Å². The second kappa shape index (κ2) is 5.47. The fourth-order valence-electron chi connectivity index (χ4n) is 2.41. The van der Waals surface area contributed by atoms with Gasteiger partial charge < -0.3 is 15.2 Å². The van der Waals surface area contributed by atoms with Gasteiger partial charge in [0, 0.05) is 26.2 Å². The van der Waals surface area contributed by atoms with Crippen LogP contribution in [0.5, 0.6) is 11.5 Å². The Balaban J connectivity index is 2.37. The number of nitriles is 1. The Bertz CT molecular complexity index is 492. The number of benzene rings is 1. The number of hydrogen-bond donors (Lipinski definition) is 2. The first-order valence-electron chi connectivity index (χ1n) is 6.36. The van der Waals surface area contributed by atoms with Crippen molar-refractivity contribution in [3.8, 4) is 17.6 Å². The summed E-state index contributed by atoms with van der Waals surface area (Å²) in [7, 11) is 1.51. The molecule has 0 bridgehead atoms. The smallest absolute Gasteiger partial charge is 0.160 e. The molecule has 0 radical (unpaired) electrons. The molecular formula is C14H19N3O2. The molecule has 1 aromatic carbocycles. The average molecular weight is 261 g/mol. The fraction of sp³-hybridized carbons (Fsp3) is 0.500. The van der Waals surface area contributed by atoms with Gasteiger partial charge in [0.2, 0.25) is 0 Å². The molecule has 0 spiro atoms. The molecule has 1 heterocycles. The molecule has 0 aliphatic carbocycles. The van der Waals surface area contributed by atoms with Crippen LogP contribution in [0.3, 0.4) is 0 Å². The topological polar surface area (TPSA) is 68.5 Å². The van der Waals surface area contributed by atoms with Crippen LogP contribution in [-0.4, -0.2) is 43.3 Å². The van der Waals surface area contributed by atoms with E-state index >= 15 is 0 Å². The molecule has 1 saturated heterocycles. The van der Waals surface area contributed by atoms with Crippen LogP contribution in [0.15, 0.2) is 18.2 Å². The van der Waals surface area contributed by atoms with Gasteiger partial charge in [0.15, 0.2) is 11.5 Å². The van der Waals surface area contributed by atoms with E-state index < -0.39 is 5.54 Å². The zero-order valence-corrected chi connectivity index (χ0v) is 11.3. The second-order valence-corrected chi connectivity index (χ2v) is 4.81. The third-order valence-corrected chi connectivity index (χ3v) is 3.71. The van der Waals surface area contributed by atoms with E-state index in [1.165, 1.54) is 7.11 Å². The van der Waals surface area contributed by atoms with E-state index in [9.17, 15) is 10.4 Å². The summed E-state index contributed by atoms with van der Waals surface area (Å²) in [4.78, 5) is 2.15. The zero-order chi connectivity index (χ0) is 13.9. The number of hydrogen-bond acceptors (Lipinski definition) is 5. The van der Waals surface area contributed by atoms with E-state index in [4.69, 9.17) is 4.74 Å². The molecule has 1 aliphatic rings. The molecule has 2 rings (SSSR count). The number of nitrogens with zero attached hydrogens (tertiary/aromatic N) is 2. The Morgan fingerprint density at radius 3 is 2.68 bits per heavy atom. The minimum atomic E-state index is -0.705. The first-order valence-corrected chi connectivity index (χ1v) is 6.36. The molecule has 1 atom stereocenters. The van der Waals surface area contributed by atoms with Crippen LogP contribution in [0.25, 0.3) is 0 Å². The van der Waals surface area contributed by atoms with Gasteiger partial charge in [-0.2, -0.15) is 5.26 Å². The molecule has 1 aromatic rings. The highest BCUT2D eigenvalue weighted by Crippen LogP contribution is 2.34. The Kier molecular flexibility index (Phi) is 3.93. The maximum absolute atomic E-state index is 9.65. The SMILES string of the molecule is COc1cc(C(C)(C#N)N2CCNCC2)ccc1O. The largest absolute Gasteiger partial charge is 0.504 e. The summed E-state index contributed by atoms with van der Waals surface area (Å²) >= 11 is 0. The first kappa shape index (κ1) is 13.7. The molecule has 1 unspecified atom stereocenters. The van der Waals surface area contributed by atoms with Crippen LogP contribution in [0.4, 0.5) is 0 Å². The molecule has 19 heavy (non-hydrogen) atoms. The van der Waals surface area contributed by atoms with Crippen LogP contribution in [0, 0.1) is 11.3 Å². The van der Waals surface area contributed by atoms with Crippen LogP contribution in [0.1, 0.15) is 12.5 Å². The number of phenols is 1. The maximum Gasteiger partial charge on any atom is 0.160 e. The highest BCUT2D eigenvalue weighted by molar-refractivity contribution is 5.45. The van der Waals surface area contributed by atoms with E-state index in [1.54, 1.807) is 18.2 Å². The third kappa shape index (κ3) is 2.50. The van der Waals surface area contributed by atoms with Crippen LogP contribution < -0.4 is 10.1 Å². The van der Waals surface area contributed by atoms with Crippen molar-refractivity contribution < 1.29 is 9.84 Å². The Morgan fingerprint density at radius 1 is 1.42 bits per heavy atom. The minimum Gasteiger partial charge on any atom is -0.504 e. The lowest BCUT2D eigenvalue weighted by atomic mass is 9.90. The van der Waals surface area contributed by atoms with Crippen LogP contribution in [-0.2, 0) is 5.54 Å². The quantitative estimate of drug-likeness (QED) is 0.851. The lowest BCUT2D eigenvalue weighted by molar-refractivity contribution is 0.132. The Labute approximate surface area is 113 Å². The molecular weight excluding hydrogens is 242 g/mol. The molecule has 0 amide bonds. The number of piperazine rings is 1. The van der Waals surface area contributed by atoms with Crippen molar-refractivity contribution in [1.82, 2.24) is 10.2 Å². The fourth-order valence-corrected chi connectivity index (χ4v) is 2.41. The number of ether oxygens (including phenoxy) is 1. The predicted molar refractivity (Wildman–Crippen MR) is 72.1 cm³/mol. The van der Waals surface area contributed by atoms with Crippen molar-refractivity contribution in [2.75, 3.05) is 33.3 Å². The minimum absolute atomic E-state index is 0.0897. The van der Waals surface area contributed by atoms with Crippen molar-refractivity contribution >= 4 is 0 Å². The van der Waals surface area contributed by atoms with Gasteiger partial charge in [0.05, 0.1) is 13.2 Å². The van der Waals surface area contributed by atoms with Crippen molar-refractivity contribution in [1.29, 1.82) is 5.26 Å². The molecule has 1 aliphatic heterocycles. The summed E-state index contributed by atoms with van der Waals surface area (Å²) in [5, 5.41) is 22.5. The summed E-state index contributed by atoms with van der Waals surface area (Å²) in [6, 6.07) is 7.49. The molecule has 0 aromatic heterocycles. The zero-order valence-electron chi connectivity index (χ0n) is 11.3. The van der Waals surface area contributed by atoms with Gasteiger partial charge in [-0.05, 0) is 24.6 Å². The summed E-state index contributed by atoms with van der Waals surface area (Å²) in [6.07, 6.45) is 0. The monoisotopic (exact) mass is 261 g/mol.